The minimum Gasteiger partial charge on any atom is -0.355 e. The molecule has 0 atom stereocenters. The molecule has 158 valence electrons. The molecule has 1 fully saturated rings. The van der Waals surface area contributed by atoms with Crippen molar-refractivity contribution in [2.45, 2.75) is 25.7 Å². The Morgan fingerprint density at radius 3 is 2.39 bits per heavy atom. The van der Waals surface area contributed by atoms with Crippen molar-refractivity contribution in [3.8, 4) is 0 Å². The second-order valence-electron chi connectivity index (χ2n) is 7.44. The Kier molecular flexibility index (Phi) is 6.12. The number of nitrogens with one attached hydrogen (secondary N) is 4. The first kappa shape index (κ1) is 20.4. The fourth-order valence-corrected chi connectivity index (χ4v) is 3.26. The van der Waals surface area contributed by atoms with Crippen LogP contribution >= 0.6 is 0 Å². The molecule has 0 aliphatic heterocycles. The fourth-order valence-electron chi connectivity index (χ4n) is 3.26. The number of nitrogens with zero attached hydrogens (tertiary/aromatic N) is 1. The number of para-hydroxylation sites is 1. The number of pyridine rings is 1. The van der Waals surface area contributed by atoms with Crippen LogP contribution in [0.5, 0.6) is 0 Å². The molecule has 0 saturated heterocycles. The van der Waals surface area contributed by atoms with Gasteiger partial charge in [-0.05, 0) is 55.5 Å². The first-order chi connectivity index (χ1) is 15.1. The lowest BCUT2D eigenvalue weighted by Gasteiger charge is -2.14. The molecule has 1 saturated carbocycles. The number of carbonyl (C=O) groups is 2. The minimum absolute atomic E-state index is 0.283. The van der Waals surface area contributed by atoms with E-state index >= 15 is 0 Å². The van der Waals surface area contributed by atoms with Crippen molar-refractivity contribution in [2.24, 2.45) is 0 Å². The maximum absolute atomic E-state index is 13.0. The molecule has 31 heavy (non-hydrogen) atoms. The SMILES string of the molecule is CCNC(=O)Nc1cc(Nc2ccccc2)c(C(=O)Nc2ccc(C3CC3)cc2)cn1. The number of hydrogen-bond donors (Lipinski definition) is 4. The zero-order valence-corrected chi connectivity index (χ0v) is 17.3. The van der Waals surface area contributed by atoms with Crippen molar-refractivity contribution in [3.05, 3.63) is 78.0 Å². The molecular formula is C24H25N5O2. The normalized spacial score (nSPS) is 12.7. The van der Waals surface area contributed by atoms with E-state index in [1.807, 2.05) is 49.4 Å². The van der Waals surface area contributed by atoms with Crippen LogP contribution in [0.2, 0.25) is 0 Å². The maximum Gasteiger partial charge on any atom is 0.320 e. The summed E-state index contributed by atoms with van der Waals surface area (Å²) in [7, 11) is 0. The Bertz CT molecular complexity index is 1060. The van der Waals surface area contributed by atoms with Gasteiger partial charge in [0.25, 0.3) is 5.91 Å². The lowest BCUT2D eigenvalue weighted by atomic mass is 10.1. The van der Waals surface area contributed by atoms with Gasteiger partial charge < -0.3 is 16.0 Å². The van der Waals surface area contributed by atoms with Gasteiger partial charge in [-0.15, -0.1) is 0 Å². The highest BCUT2D eigenvalue weighted by Crippen LogP contribution is 2.40. The van der Waals surface area contributed by atoms with Crippen LogP contribution in [0.1, 0.15) is 41.6 Å². The van der Waals surface area contributed by atoms with Gasteiger partial charge in [-0.25, -0.2) is 9.78 Å². The lowest BCUT2D eigenvalue weighted by Crippen LogP contribution is -2.28. The number of benzene rings is 2. The molecule has 4 rings (SSSR count). The van der Waals surface area contributed by atoms with Crippen LogP contribution in [0.4, 0.5) is 27.7 Å². The average molecular weight is 415 g/mol. The summed E-state index contributed by atoms with van der Waals surface area (Å²) < 4.78 is 0. The van der Waals surface area contributed by atoms with Crippen LogP contribution in [-0.2, 0) is 0 Å². The molecule has 2 aromatic carbocycles. The quantitative estimate of drug-likeness (QED) is 0.432. The monoisotopic (exact) mass is 415 g/mol. The standard InChI is InChI=1S/C24H25N5O2/c1-2-25-24(31)29-22-14-21(27-18-6-4-3-5-7-18)20(15-26-22)23(30)28-19-12-10-17(11-13-19)16-8-9-16/h3-7,10-16H,2,8-9H2,1H3,(H,28,30)(H3,25,26,27,29,31). The fraction of sp³-hybridized carbons (Fsp3) is 0.208. The number of anilines is 4. The van der Waals surface area contributed by atoms with Crippen LogP contribution in [0, 0.1) is 0 Å². The predicted octanol–water partition coefficient (Wildman–Crippen LogP) is 5.10. The maximum atomic E-state index is 13.0. The van der Waals surface area contributed by atoms with Crippen molar-refractivity contribution in [3.63, 3.8) is 0 Å². The zero-order chi connectivity index (χ0) is 21.6. The van der Waals surface area contributed by atoms with Crippen LogP contribution in [0.3, 0.4) is 0 Å². The molecule has 7 heteroatoms. The molecule has 1 aromatic heterocycles. The minimum atomic E-state index is -0.353. The summed E-state index contributed by atoms with van der Waals surface area (Å²) in [5, 5.41) is 11.5. The van der Waals surface area contributed by atoms with Crippen molar-refractivity contribution < 1.29 is 9.59 Å². The molecule has 1 aliphatic rings. The second-order valence-corrected chi connectivity index (χ2v) is 7.44. The van der Waals surface area contributed by atoms with Gasteiger partial charge in [0.1, 0.15) is 5.82 Å². The summed E-state index contributed by atoms with van der Waals surface area (Å²) in [6, 6.07) is 18.8. The third-order valence-corrected chi connectivity index (χ3v) is 5.00. The molecule has 0 radical (unpaired) electrons. The highest BCUT2D eigenvalue weighted by atomic mass is 16.2. The van der Waals surface area contributed by atoms with E-state index in [9.17, 15) is 9.59 Å². The molecule has 0 unspecified atom stereocenters. The zero-order valence-electron chi connectivity index (χ0n) is 17.3. The summed E-state index contributed by atoms with van der Waals surface area (Å²) in [6.07, 6.45) is 3.94. The van der Waals surface area contributed by atoms with E-state index in [2.05, 4.69) is 38.4 Å². The van der Waals surface area contributed by atoms with Gasteiger partial charge in [-0.2, -0.15) is 0 Å². The van der Waals surface area contributed by atoms with Gasteiger partial charge >= 0.3 is 6.03 Å². The second kappa shape index (κ2) is 9.30. The number of carbonyl (C=O) groups excluding carboxylic acids is 2. The molecule has 3 aromatic rings. The predicted molar refractivity (Wildman–Crippen MR) is 123 cm³/mol. The van der Waals surface area contributed by atoms with E-state index in [1.165, 1.54) is 24.6 Å². The van der Waals surface area contributed by atoms with E-state index in [0.29, 0.717) is 29.5 Å². The molecular weight excluding hydrogens is 390 g/mol. The molecule has 4 N–H and O–H groups in total. The smallest absolute Gasteiger partial charge is 0.320 e. The summed E-state index contributed by atoms with van der Waals surface area (Å²) >= 11 is 0. The van der Waals surface area contributed by atoms with Gasteiger partial charge in [0.05, 0.1) is 11.3 Å². The Hall–Kier alpha value is -3.87. The van der Waals surface area contributed by atoms with Gasteiger partial charge in [0.15, 0.2) is 0 Å². The van der Waals surface area contributed by atoms with E-state index in [-0.39, 0.29) is 11.9 Å². The Morgan fingerprint density at radius 1 is 0.968 bits per heavy atom. The van der Waals surface area contributed by atoms with Crippen LogP contribution in [0.25, 0.3) is 0 Å². The highest BCUT2D eigenvalue weighted by Gasteiger charge is 2.23. The number of hydrogen-bond acceptors (Lipinski definition) is 4. The van der Waals surface area contributed by atoms with Gasteiger partial charge in [0, 0.05) is 30.2 Å². The van der Waals surface area contributed by atoms with E-state index in [4.69, 9.17) is 0 Å². The Labute approximate surface area is 181 Å². The Balaban J connectivity index is 1.56. The van der Waals surface area contributed by atoms with E-state index in [0.717, 1.165) is 11.4 Å². The molecule has 0 spiro atoms. The highest BCUT2D eigenvalue weighted by molar-refractivity contribution is 6.08. The number of rotatable bonds is 7. The Morgan fingerprint density at radius 2 is 1.71 bits per heavy atom. The van der Waals surface area contributed by atoms with Crippen molar-refractivity contribution in [1.29, 1.82) is 0 Å². The summed E-state index contributed by atoms with van der Waals surface area (Å²) in [5.41, 5.74) is 3.77. The number of aromatic nitrogens is 1. The third-order valence-electron chi connectivity index (χ3n) is 5.00. The topological polar surface area (TPSA) is 95.2 Å². The summed E-state index contributed by atoms with van der Waals surface area (Å²) in [4.78, 5) is 29.1. The van der Waals surface area contributed by atoms with Crippen LogP contribution in [0.15, 0.2) is 66.9 Å². The summed E-state index contributed by atoms with van der Waals surface area (Å²) in [5.74, 6) is 0.727. The number of amides is 3. The average Bonchev–Trinajstić information content (AvgIpc) is 3.61. The number of urea groups is 1. The first-order valence-electron chi connectivity index (χ1n) is 10.4. The van der Waals surface area contributed by atoms with Crippen LogP contribution in [-0.4, -0.2) is 23.5 Å². The van der Waals surface area contributed by atoms with Crippen LogP contribution < -0.4 is 21.3 Å². The van der Waals surface area contributed by atoms with Gasteiger partial charge in [-0.1, -0.05) is 30.3 Å². The largest absolute Gasteiger partial charge is 0.355 e. The van der Waals surface area contributed by atoms with Gasteiger partial charge in [0.2, 0.25) is 0 Å². The van der Waals surface area contributed by atoms with Crippen molar-refractivity contribution >= 4 is 34.8 Å². The van der Waals surface area contributed by atoms with Crippen molar-refractivity contribution in [1.82, 2.24) is 10.3 Å². The molecule has 1 heterocycles. The first-order valence-corrected chi connectivity index (χ1v) is 10.4. The van der Waals surface area contributed by atoms with E-state index in [1.54, 1.807) is 6.07 Å². The van der Waals surface area contributed by atoms with Gasteiger partial charge in [-0.3, -0.25) is 10.1 Å². The summed E-state index contributed by atoms with van der Waals surface area (Å²) in [6.45, 7) is 2.33. The molecule has 3 amide bonds. The third kappa shape index (κ3) is 5.39. The molecule has 0 bridgehead atoms. The lowest BCUT2D eigenvalue weighted by molar-refractivity contribution is 0.102. The van der Waals surface area contributed by atoms with Crippen molar-refractivity contribution in [2.75, 3.05) is 22.5 Å². The molecule has 7 nitrogen and oxygen atoms in total. The molecule has 1 aliphatic carbocycles. The van der Waals surface area contributed by atoms with E-state index < -0.39 is 0 Å².